The molecule has 3 fully saturated rings. The predicted octanol–water partition coefficient (Wildman–Crippen LogP) is 3.06. The van der Waals surface area contributed by atoms with Crippen molar-refractivity contribution in [2.45, 2.75) is 51.0 Å². The SMILES string of the molecule is CCCC1(c2ccc(C(=O)N3CCN(c4ncc(C5CC5)cc4C)CC3)cc2)NC(=O)NC1=O. The number of nitrogens with one attached hydrogen (secondary N) is 2. The summed E-state index contributed by atoms with van der Waals surface area (Å²) in [5, 5.41) is 5.12. The zero-order chi connectivity index (χ0) is 23.9. The molecule has 0 bridgehead atoms. The van der Waals surface area contributed by atoms with Crippen LogP contribution in [0.25, 0.3) is 0 Å². The van der Waals surface area contributed by atoms with Crippen molar-refractivity contribution in [2.75, 3.05) is 31.1 Å². The highest BCUT2D eigenvalue weighted by Gasteiger charge is 2.46. The molecule has 4 amide bonds. The average Bonchev–Trinajstić information content (AvgIpc) is 3.65. The second-order valence-electron chi connectivity index (χ2n) is 9.60. The Morgan fingerprint density at radius 1 is 1.12 bits per heavy atom. The second kappa shape index (κ2) is 8.74. The lowest BCUT2D eigenvalue weighted by molar-refractivity contribution is -0.124. The molecule has 178 valence electrons. The van der Waals surface area contributed by atoms with E-state index < -0.39 is 11.6 Å². The zero-order valence-electron chi connectivity index (χ0n) is 19.8. The van der Waals surface area contributed by atoms with Crippen LogP contribution in [0.5, 0.6) is 0 Å². The van der Waals surface area contributed by atoms with Crippen molar-refractivity contribution in [3.8, 4) is 0 Å². The van der Waals surface area contributed by atoms with Gasteiger partial charge in [-0.15, -0.1) is 0 Å². The van der Waals surface area contributed by atoms with Crippen LogP contribution in [0.15, 0.2) is 36.5 Å². The molecule has 3 aliphatic rings. The number of carbonyl (C=O) groups is 3. The molecule has 8 heteroatoms. The Kier molecular flexibility index (Phi) is 5.75. The summed E-state index contributed by atoms with van der Waals surface area (Å²) in [7, 11) is 0. The van der Waals surface area contributed by atoms with Crippen LogP contribution in [-0.4, -0.2) is 53.9 Å². The number of hydrogen-bond donors (Lipinski definition) is 2. The Balaban J connectivity index is 1.24. The monoisotopic (exact) mass is 461 g/mol. The van der Waals surface area contributed by atoms with Gasteiger partial charge in [-0.05, 0) is 60.9 Å². The molecule has 0 radical (unpaired) electrons. The molecule has 2 aliphatic heterocycles. The molecule has 1 unspecified atom stereocenters. The molecule has 0 spiro atoms. The first-order chi connectivity index (χ1) is 16.4. The summed E-state index contributed by atoms with van der Waals surface area (Å²) < 4.78 is 0. The van der Waals surface area contributed by atoms with E-state index in [-0.39, 0.29) is 11.8 Å². The first-order valence-corrected chi connectivity index (χ1v) is 12.2. The molecular formula is C26H31N5O3. The van der Waals surface area contributed by atoms with E-state index in [0.717, 1.165) is 25.3 Å². The van der Waals surface area contributed by atoms with E-state index in [4.69, 9.17) is 4.98 Å². The number of anilines is 1. The minimum absolute atomic E-state index is 0.0237. The van der Waals surface area contributed by atoms with Crippen molar-refractivity contribution in [3.05, 3.63) is 58.8 Å². The minimum Gasteiger partial charge on any atom is -0.353 e. The summed E-state index contributed by atoms with van der Waals surface area (Å²) >= 11 is 0. The number of hydrogen-bond acceptors (Lipinski definition) is 5. The fraction of sp³-hybridized carbons (Fsp3) is 0.462. The lowest BCUT2D eigenvalue weighted by Crippen LogP contribution is -2.49. The van der Waals surface area contributed by atoms with Gasteiger partial charge in [0.25, 0.3) is 11.8 Å². The highest BCUT2D eigenvalue weighted by molar-refractivity contribution is 6.07. The van der Waals surface area contributed by atoms with Crippen LogP contribution in [-0.2, 0) is 10.3 Å². The van der Waals surface area contributed by atoms with Gasteiger partial charge in [0.2, 0.25) is 0 Å². The van der Waals surface area contributed by atoms with Crippen molar-refractivity contribution in [1.82, 2.24) is 20.5 Å². The maximum absolute atomic E-state index is 13.1. The van der Waals surface area contributed by atoms with Gasteiger partial charge < -0.3 is 15.1 Å². The van der Waals surface area contributed by atoms with E-state index in [9.17, 15) is 14.4 Å². The second-order valence-corrected chi connectivity index (χ2v) is 9.60. The normalized spacial score (nSPS) is 22.5. The molecule has 1 saturated carbocycles. The highest BCUT2D eigenvalue weighted by atomic mass is 16.2. The summed E-state index contributed by atoms with van der Waals surface area (Å²) in [6, 6.07) is 8.83. The number of pyridine rings is 1. The van der Waals surface area contributed by atoms with Gasteiger partial charge in [-0.1, -0.05) is 31.5 Å². The Morgan fingerprint density at radius 2 is 1.82 bits per heavy atom. The number of aromatic nitrogens is 1. The standard InChI is InChI=1S/C26H31N5O3/c1-3-10-26(24(33)28-25(34)29-26)21-8-6-19(7-9-21)23(32)31-13-11-30(12-14-31)22-17(2)15-20(16-27-22)18-4-5-18/h6-9,15-16,18H,3-5,10-14H2,1-2H3,(H2,28,29,33,34). The van der Waals surface area contributed by atoms with Crippen molar-refractivity contribution < 1.29 is 14.4 Å². The highest BCUT2D eigenvalue weighted by Crippen LogP contribution is 2.40. The van der Waals surface area contributed by atoms with Gasteiger partial charge in [-0.2, -0.15) is 0 Å². The quantitative estimate of drug-likeness (QED) is 0.645. The van der Waals surface area contributed by atoms with Gasteiger partial charge in [-0.25, -0.2) is 9.78 Å². The zero-order valence-corrected chi connectivity index (χ0v) is 19.8. The molecule has 2 aromatic rings. The number of urea groups is 1. The van der Waals surface area contributed by atoms with Crippen molar-refractivity contribution in [1.29, 1.82) is 0 Å². The smallest absolute Gasteiger partial charge is 0.322 e. The summed E-state index contributed by atoms with van der Waals surface area (Å²) in [4.78, 5) is 46.3. The van der Waals surface area contributed by atoms with Crippen LogP contribution in [0.2, 0.25) is 0 Å². The van der Waals surface area contributed by atoms with Crippen LogP contribution in [0.3, 0.4) is 0 Å². The summed E-state index contributed by atoms with van der Waals surface area (Å²) in [5.41, 5.74) is 2.74. The van der Waals surface area contributed by atoms with E-state index in [1.807, 2.05) is 18.0 Å². The fourth-order valence-electron chi connectivity index (χ4n) is 5.15. The number of rotatable bonds is 6. The van der Waals surface area contributed by atoms with Crippen LogP contribution >= 0.6 is 0 Å². The molecule has 2 saturated heterocycles. The Hall–Kier alpha value is -3.42. The molecule has 2 N–H and O–H groups in total. The van der Waals surface area contributed by atoms with E-state index in [0.29, 0.717) is 36.6 Å². The van der Waals surface area contributed by atoms with Gasteiger partial charge in [0.1, 0.15) is 11.4 Å². The third-order valence-corrected chi connectivity index (χ3v) is 7.18. The molecule has 1 atom stereocenters. The van der Waals surface area contributed by atoms with E-state index in [2.05, 4.69) is 28.5 Å². The van der Waals surface area contributed by atoms with E-state index in [1.165, 1.54) is 24.0 Å². The molecule has 34 heavy (non-hydrogen) atoms. The lowest BCUT2D eigenvalue weighted by atomic mass is 9.85. The third kappa shape index (κ3) is 4.02. The Morgan fingerprint density at radius 3 is 2.38 bits per heavy atom. The predicted molar refractivity (Wildman–Crippen MR) is 129 cm³/mol. The van der Waals surface area contributed by atoms with Crippen LogP contribution in [0.4, 0.5) is 10.6 Å². The summed E-state index contributed by atoms with van der Waals surface area (Å²) in [5.74, 6) is 1.34. The lowest BCUT2D eigenvalue weighted by Gasteiger charge is -2.36. The van der Waals surface area contributed by atoms with Gasteiger partial charge in [-0.3, -0.25) is 14.9 Å². The van der Waals surface area contributed by atoms with Gasteiger partial charge in [0, 0.05) is 37.9 Å². The largest absolute Gasteiger partial charge is 0.353 e. The Bertz CT molecular complexity index is 1120. The van der Waals surface area contributed by atoms with Crippen LogP contribution in [0.1, 0.15) is 65.6 Å². The van der Waals surface area contributed by atoms with E-state index in [1.54, 1.807) is 24.3 Å². The minimum atomic E-state index is -1.07. The molecule has 3 heterocycles. The van der Waals surface area contributed by atoms with Crippen molar-refractivity contribution >= 4 is 23.7 Å². The number of benzene rings is 1. The number of aryl methyl sites for hydroxylation is 1. The molecule has 1 aliphatic carbocycles. The van der Waals surface area contributed by atoms with Crippen molar-refractivity contribution in [2.24, 2.45) is 0 Å². The summed E-state index contributed by atoms with van der Waals surface area (Å²) in [6.07, 6.45) is 5.77. The first-order valence-electron chi connectivity index (χ1n) is 12.2. The fourth-order valence-corrected chi connectivity index (χ4v) is 5.15. The summed E-state index contributed by atoms with van der Waals surface area (Å²) in [6.45, 7) is 6.83. The average molecular weight is 462 g/mol. The van der Waals surface area contributed by atoms with E-state index >= 15 is 0 Å². The molecular weight excluding hydrogens is 430 g/mol. The van der Waals surface area contributed by atoms with Crippen LogP contribution in [0, 0.1) is 6.92 Å². The van der Waals surface area contributed by atoms with Crippen LogP contribution < -0.4 is 15.5 Å². The third-order valence-electron chi connectivity index (χ3n) is 7.18. The number of imide groups is 1. The van der Waals surface area contributed by atoms with Crippen molar-refractivity contribution in [3.63, 3.8) is 0 Å². The molecule has 8 nitrogen and oxygen atoms in total. The molecule has 1 aromatic carbocycles. The first kappa shape index (κ1) is 22.4. The molecule has 1 aromatic heterocycles. The number of amides is 4. The number of nitrogens with zero attached hydrogens (tertiary/aromatic N) is 3. The topological polar surface area (TPSA) is 94.6 Å². The molecule has 5 rings (SSSR count). The maximum Gasteiger partial charge on any atom is 0.322 e. The van der Waals surface area contributed by atoms with Gasteiger partial charge in [0.15, 0.2) is 0 Å². The maximum atomic E-state index is 13.1. The van der Waals surface area contributed by atoms with Gasteiger partial charge in [0.05, 0.1) is 0 Å². The number of carbonyl (C=O) groups excluding carboxylic acids is 3. The number of piperazine rings is 1. The van der Waals surface area contributed by atoms with Gasteiger partial charge >= 0.3 is 6.03 Å². The Labute approximate surface area is 199 Å².